The Morgan fingerprint density at radius 2 is 1.89 bits per heavy atom. The number of rotatable bonds is 2. The number of aliphatic hydroxyl groups is 1. The fraction of sp³-hybridized carbons (Fsp3) is 0.867. The molecule has 106 valence electrons. The van der Waals surface area contributed by atoms with Gasteiger partial charge in [-0.05, 0) is 25.7 Å². The van der Waals surface area contributed by atoms with Crippen LogP contribution in [0.3, 0.4) is 0 Å². The highest BCUT2D eigenvalue weighted by atomic mass is 16.3. The molecule has 4 heteroatoms. The van der Waals surface area contributed by atoms with E-state index in [0.29, 0.717) is 19.4 Å². The zero-order valence-electron chi connectivity index (χ0n) is 11.6. The van der Waals surface area contributed by atoms with Crippen LogP contribution < -0.4 is 0 Å². The highest BCUT2D eigenvalue weighted by molar-refractivity contribution is 5.86. The fourth-order valence-corrected chi connectivity index (χ4v) is 3.44. The van der Waals surface area contributed by atoms with Crippen LogP contribution in [0.5, 0.6) is 0 Å². The standard InChI is InChI=1S/C15H24N2O2/c16-12-15(8-4-2-5-9-15)14(19)17-10-6-1-3-7-13(17)11-18/h13,18H,1-11H2. The highest BCUT2D eigenvalue weighted by Crippen LogP contribution is 2.38. The van der Waals surface area contributed by atoms with Gasteiger partial charge < -0.3 is 10.0 Å². The molecule has 1 N–H and O–H groups in total. The predicted molar refractivity (Wildman–Crippen MR) is 72.2 cm³/mol. The van der Waals surface area contributed by atoms with Gasteiger partial charge >= 0.3 is 0 Å². The molecule has 1 amide bonds. The summed E-state index contributed by atoms with van der Waals surface area (Å²) >= 11 is 0. The van der Waals surface area contributed by atoms with Crippen molar-refractivity contribution < 1.29 is 9.90 Å². The van der Waals surface area contributed by atoms with Gasteiger partial charge in [0, 0.05) is 6.54 Å². The second kappa shape index (κ2) is 6.38. The zero-order valence-corrected chi connectivity index (χ0v) is 11.6. The fourth-order valence-electron chi connectivity index (χ4n) is 3.44. The number of nitrogens with zero attached hydrogens (tertiary/aromatic N) is 2. The number of hydrogen-bond acceptors (Lipinski definition) is 3. The summed E-state index contributed by atoms with van der Waals surface area (Å²) in [5.41, 5.74) is -0.810. The van der Waals surface area contributed by atoms with Gasteiger partial charge in [0.05, 0.1) is 18.7 Å². The van der Waals surface area contributed by atoms with Crippen LogP contribution in [0, 0.1) is 16.7 Å². The molecule has 1 saturated heterocycles. The highest BCUT2D eigenvalue weighted by Gasteiger charge is 2.44. The van der Waals surface area contributed by atoms with Crippen LogP contribution in [-0.2, 0) is 4.79 Å². The maximum Gasteiger partial charge on any atom is 0.243 e. The SMILES string of the molecule is N#CC1(C(=O)N2CCCCCC2CO)CCCCC1. The Labute approximate surface area is 115 Å². The number of carbonyl (C=O) groups is 1. The Hall–Kier alpha value is -1.08. The molecule has 1 aliphatic heterocycles. The van der Waals surface area contributed by atoms with Crippen molar-refractivity contribution in [3.63, 3.8) is 0 Å². The van der Waals surface area contributed by atoms with Crippen molar-refractivity contribution in [1.29, 1.82) is 5.26 Å². The van der Waals surface area contributed by atoms with Crippen molar-refractivity contribution in [3.8, 4) is 6.07 Å². The molecule has 0 aromatic carbocycles. The molecule has 1 heterocycles. The summed E-state index contributed by atoms with van der Waals surface area (Å²) in [5.74, 6) is -0.0179. The minimum atomic E-state index is -0.810. The van der Waals surface area contributed by atoms with Crippen molar-refractivity contribution in [2.75, 3.05) is 13.2 Å². The van der Waals surface area contributed by atoms with E-state index >= 15 is 0 Å². The molecule has 19 heavy (non-hydrogen) atoms. The average molecular weight is 264 g/mol. The number of carbonyl (C=O) groups excluding carboxylic acids is 1. The third-order valence-electron chi connectivity index (χ3n) is 4.68. The van der Waals surface area contributed by atoms with Gasteiger partial charge in [-0.3, -0.25) is 4.79 Å². The largest absolute Gasteiger partial charge is 0.394 e. The van der Waals surface area contributed by atoms with Gasteiger partial charge in [-0.1, -0.05) is 32.1 Å². The van der Waals surface area contributed by atoms with Gasteiger partial charge in [0.25, 0.3) is 0 Å². The summed E-state index contributed by atoms with van der Waals surface area (Å²) in [7, 11) is 0. The Kier molecular flexibility index (Phi) is 4.81. The van der Waals surface area contributed by atoms with E-state index in [-0.39, 0.29) is 18.6 Å². The molecule has 0 spiro atoms. The van der Waals surface area contributed by atoms with Crippen LogP contribution in [0.25, 0.3) is 0 Å². The summed E-state index contributed by atoms with van der Waals surface area (Å²) in [6, 6.07) is 2.23. The average Bonchev–Trinajstić information content (AvgIpc) is 2.72. The first-order chi connectivity index (χ1) is 9.23. The summed E-state index contributed by atoms with van der Waals surface area (Å²) in [6.07, 6.45) is 8.48. The van der Waals surface area contributed by atoms with E-state index in [9.17, 15) is 15.2 Å². The summed E-state index contributed by atoms with van der Waals surface area (Å²) in [4.78, 5) is 14.6. The smallest absolute Gasteiger partial charge is 0.243 e. The van der Waals surface area contributed by atoms with Crippen LogP contribution in [0.15, 0.2) is 0 Å². The lowest BCUT2D eigenvalue weighted by Crippen LogP contribution is -2.50. The van der Waals surface area contributed by atoms with E-state index in [1.807, 2.05) is 4.90 Å². The van der Waals surface area contributed by atoms with E-state index in [0.717, 1.165) is 44.9 Å². The van der Waals surface area contributed by atoms with Gasteiger partial charge in [0.15, 0.2) is 0 Å². The van der Waals surface area contributed by atoms with Crippen LogP contribution in [-0.4, -0.2) is 35.1 Å². The second-order valence-electron chi connectivity index (χ2n) is 5.94. The zero-order chi connectivity index (χ0) is 13.7. The molecule has 2 rings (SSSR count). The molecule has 0 bridgehead atoms. The molecular formula is C15H24N2O2. The van der Waals surface area contributed by atoms with Gasteiger partial charge in [-0.25, -0.2) is 0 Å². The third kappa shape index (κ3) is 2.92. The summed E-state index contributed by atoms with van der Waals surface area (Å²) in [6.45, 7) is 0.723. The van der Waals surface area contributed by atoms with Crippen LogP contribution in [0.2, 0.25) is 0 Å². The Morgan fingerprint density at radius 3 is 2.53 bits per heavy atom. The first-order valence-corrected chi connectivity index (χ1v) is 7.57. The molecule has 2 fully saturated rings. The van der Waals surface area contributed by atoms with Crippen LogP contribution in [0.4, 0.5) is 0 Å². The Bertz CT molecular complexity index is 356. The van der Waals surface area contributed by atoms with Gasteiger partial charge in [0.2, 0.25) is 5.91 Å². The summed E-state index contributed by atoms with van der Waals surface area (Å²) in [5, 5.41) is 19.0. The third-order valence-corrected chi connectivity index (χ3v) is 4.68. The van der Waals surface area contributed by atoms with E-state index < -0.39 is 5.41 Å². The molecule has 1 saturated carbocycles. The van der Waals surface area contributed by atoms with Crippen LogP contribution >= 0.6 is 0 Å². The molecule has 1 unspecified atom stereocenters. The minimum Gasteiger partial charge on any atom is -0.394 e. The number of aliphatic hydroxyl groups excluding tert-OH is 1. The lowest BCUT2D eigenvalue weighted by atomic mass is 9.74. The van der Waals surface area contributed by atoms with Crippen molar-refractivity contribution >= 4 is 5.91 Å². The minimum absolute atomic E-state index is 0.0179. The summed E-state index contributed by atoms with van der Waals surface area (Å²) < 4.78 is 0. The molecule has 0 aromatic heterocycles. The topological polar surface area (TPSA) is 64.3 Å². The van der Waals surface area contributed by atoms with Gasteiger partial charge in [-0.2, -0.15) is 5.26 Å². The van der Waals surface area contributed by atoms with E-state index in [1.165, 1.54) is 0 Å². The normalized spacial score (nSPS) is 27.4. The molecule has 2 aliphatic rings. The van der Waals surface area contributed by atoms with Gasteiger partial charge in [-0.15, -0.1) is 0 Å². The lowest BCUT2D eigenvalue weighted by molar-refractivity contribution is -0.144. The Balaban J connectivity index is 2.17. The van der Waals surface area contributed by atoms with Crippen molar-refractivity contribution in [2.24, 2.45) is 5.41 Å². The van der Waals surface area contributed by atoms with E-state index in [2.05, 4.69) is 6.07 Å². The lowest BCUT2D eigenvalue weighted by Gasteiger charge is -2.37. The first kappa shape index (κ1) is 14.3. The van der Waals surface area contributed by atoms with Gasteiger partial charge in [0.1, 0.15) is 5.41 Å². The maximum absolute atomic E-state index is 12.8. The number of nitriles is 1. The molecule has 0 aromatic rings. The quantitative estimate of drug-likeness (QED) is 0.831. The Morgan fingerprint density at radius 1 is 1.21 bits per heavy atom. The second-order valence-corrected chi connectivity index (χ2v) is 5.94. The number of hydrogen-bond donors (Lipinski definition) is 1. The molecule has 1 atom stereocenters. The van der Waals surface area contributed by atoms with E-state index in [1.54, 1.807) is 0 Å². The molecular weight excluding hydrogens is 240 g/mol. The van der Waals surface area contributed by atoms with Crippen molar-refractivity contribution in [2.45, 2.75) is 63.8 Å². The maximum atomic E-state index is 12.8. The number of amides is 1. The monoisotopic (exact) mass is 264 g/mol. The van der Waals surface area contributed by atoms with E-state index in [4.69, 9.17) is 0 Å². The molecule has 1 aliphatic carbocycles. The molecule has 0 radical (unpaired) electrons. The van der Waals surface area contributed by atoms with Crippen LogP contribution in [0.1, 0.15) is 57.8 Å². The van der Waals surface area contributed by atoms with Crippen molar-refractivity contribution in [3.05, 3.63) is 0 Å². The first-order valence-electron chi connectivity index (χ1n) is 7.57. The predicted octanol–water partition coefficient (Wildman–Crippen LogP) is 2.22. The van der Waals surface area contributed by atoms with Crippen molar-refractivity contribution in [1.82, 2.24) is 4.90 Å². The molecule has 4 nitrogen and oxygen atoms in total. The number of likely N-dealkylation sites (tertiary alicyclic amines) is 1.